The van der Waals surface area contributed by atoms with Gasteiger partial charge in [-0.3, -0.25) is 0 Å². The Bertz CT molecular complexity index is 577. The van der Waals surface area contributed by atoms with Gasteiger partial charge in [-0.25, -0.2) is 4.68 Å². The molecule has 0 spiro atoms. The number of aromatic nitrogens is 5. The zero-order valence-electron chi connectivity index (χ0n) is 11.5. The molecular weight excluding hydrogens is 258 g/mol. The summed E-state index contributed by atoms with van der Waals surface area (Å²) in [6.45, 7) is 3.49. The molecule has 2 aromatic rings. The fourth-order valence-corrected chi connectivity index (χ4v) is 2.06. The average molecular weight is 275 g/mol. The Morgan fingerprint density at radius 2 is 2.15 bits per heavy atom. The van der Waals surface area contributed by atoms with Gasteiger partial charge < -0.3 is 15.4 Å². The molecule has 0 radical (unpaired) electrons. The van der Waals surface area contributed by atoms with E-state index in [1.54, 1.807) is 24.1 Å². The Balaban J connectivity index is 1.92. The summed E-state index contributed by atoms with van der Waals surface area (Å²) in [5, 5.41) is 10.4. The topological polar surface area (TPSA) is 89.8 Å². The standard InChI is InChI=1S/C12H17N7O/c1-12(4-7-20-8-12)18-10-15-9(13-2)16-11(17-10)19-6-3-5-14-19/h3,5-6H,4,7-8H2,1-2H3,(H2,13,15,16,17,18). The Morgan fingerprint density at radius 1 is 1.30 bits per heavy atom. The molecule has 2 aromatic heterocycles. The lowest BCUT2D eigenvalue weighted by Gasteiger charge is -2.23. The third kappa shape index (κ3) is 2.55. The Hall–Kier alpha value is -2.22. The van der Waals surface area contributed by atoms with Gasteiger partial charge in [0.2, 0.25) is 11.9 Å². The smallest absolute Gasteiger partial charge is 0.257 e. The molecule has 0 amide bonds. The number of nitrogens with one attached hydrogen (secondary N) is 2. The SMILES string of the molecule is CNc1nc(NC2(C)CCOC2)nc(-n2cccn2)n1. The number of hydrogen-bond donors (Lipinski definition) is 2. The number of hydrogen-bond acceptors (Lipinski definition) is 7. The number of rotatable bonds is 4. The first kappa shape index (κ1) is 12.8. The predicted octanol–water partition coefficient (Wildman–Crippen LogP) is 0.690. The highest BCUT2D eigenvalue weighted by Crippen LogP contribution is 2.22. The van der Waals surface area contributed by atoms with Crippen LogP contribution in [-0.4, -0.2) is 50.5 Å². The van der Waals surface area contributed by atoms with Crippen molar-refractivity contribution in [2.45, 2.75) is 18.9 Å². The fourth-order valence-electron chi connectivity index (χ4n) is 2.06. The molecule has 1 fully saturated rings. The highest BCUT2D eigenvalue weighted by atomic mass is 16.5. The largest absolute Gasteiger partial charge is 0.379 e. The van der Waals surface area contributed by atoms with Crippen LogP contribution in [0.15, 0.2) is 18.5 Å². The van der Waals surface area contributed by atoms with Crippen molar-refractivity contribution in [2.24, 2.45) is 0 Å². The molecule has 3 rings (SSSR count). The molecule has 1 aliphatic heterocycles. The lowest BCUT2D eigenvalue weighted by atomic mass is 10.0. The van der Waals surface area contributed by atoms with Gasteiger partial charge in [0.25, 0.3) is 5.95 Å². The van der Waals surface area contributed by atoms with Crippen molar-refractivity contribution in [3.8, 4) is 5.95 Å². The van der Waals surface area contributed by atoms with Crippen LogP contribution in [-0.2, 0) is 4.74 Å². The zero-order valence-corrected chi connectivity index (χ0v) is 11.5. The van der Waals surface area contributed by atoms with Crippen LogP contribution in [0.3, 0.4) is 0 Å². The first-order valence-electron chi connectivity index (χ1n) is 6.48. The van der Waals surface area contributed by atoms with Gasteiger partial charge in [-0.1, -0.05) is 0 Å². The Kier molecular flexibility index (Phi) is 3.23. The van der Waals surface area contributed by atoms with Crippen LogP contribution in [0.4, 0.5) is 11.9 Å². The normalized spacial score (nSPS) is 21.9. The molecule has 1 atom stereocenters. The van der Waals surface area contributed by atoms with Crippen molar-refractivity contribution in [1.29, 1.82) is 0 Å². The maximum Gasteiger partial charge on any atom is 0.257 e. The second-order valence-electron chi connectivity index (χ2n) is 4.97. The average Bonchev–Trinajstić information content (AvgIpc) is 3.09. The van der Waals surface area contributed by atoms with Gasteiger partial charge in [0.15, 0.2) is 0 Å². The minimum Gasteiger partial charge on any atom is -0.379 e. The minimum absolute atomic E-state index is 0.145. The quantitative estimate of drug-likeness (QED) is 0.848. The summed E-state index contributed by atoms with van der Waals surface area (Å²) in [4.78, 5) is 13.0. The van der Waals surface area contributed by atoms with E-state index in [1.807, 2.05) is 6.07 Å². The van der Waals surface area contributed by atoms with E-state index in [-0.39, 0.29) is 5.54 Å². The molecule has 8 nitrogen and oxygen atoms in total. The summed E-state index contributed by atoms with van der Waals surface area (Å²) < 4.78 is 7.02. The van der Waals surface area contributed by atoms with Crippen molar-refractivity contribution in [3.63, 3.8) is 0 Å². The van der Waals surface area contributed by atoms with E-state index in [4.69, 9.17) is 4.74 Å². The summed E-state index contributed by atoms with van der Waals surface area (Å²) >= 11 is 0. The van der Waals surface area contributed by atoms with Gasteiger partial charge in [0.05, 0.1) is 12.1 Å². The van der Waals surface area contributed by atoms with E-state index in [9.17, 15) is 0 Å². The van der Waals surface area contributed by atoms with Gasteiger partial charge in [-0.15, -0.1) is 0 Å². The maximum absolute atomic E-state index is 5.42. The summed E-state index contributed by atoms with van der Waals surface area (Å²) in [7, 11) is 1.77. The van der Waals surface area contributed by atoms with Gasteiger partial charge in [-0.05, 0) is 19.4 Å². The highest BCUT2D eigenvalue weighted by Gasteiger charge is 2.30. The van der Waals surface area contributed by atoms with Crippen molar-refractivity contribution in [1.82, 2.24) is 24.7 Å². The molecule has 0 aliphatic carbocycles. The number of anilines is 2. The molecule has 20 heavy (non-hydrogen) atoms. The predicted molar refractivity (Wildman–Crippen MR) is 74.0 cm³/mol. The minimum atomic E-state index is -0.145. The van der Waals surface area contributed by atoms with Crippen LogP contribution < -0.4 is 10.6 Å². The molecule has 1 saturated heterocycles. The zero-order chi connectivity index (χ0) is 14.0. The van der Waals surface area contributed by atoms with E-state index >= 15 is 0 Å². The van der Waals surface area contributed by atoms with Crippen molar-refractivity contribution in [2.75, 3.05) is 30.9 Å². The first-order chi connectivity index (χ1) is 9.68. The Labute approximate surface area is 116 Å². The van der Waals surface area contributed by atoms with Gasteiger partial charge in [0, 0.05) is 26.0 Å². The van der Waals surface area contributed by atoms with E-state index in [0.29, 0.717) is 24.5 Å². The maximum atomic E-state index is 5.42. The molecule has 1 unspecified atom stereocenters. The summed E-state index contributed by atoms with van der Waals surface area (Å²) in [6.07, 6.45) is 4.39. The van der Waals surface area contributed by atoms with Gasteiger partial charge >= 0.3 is 0 Å². The van der Waals surface area contributed by atoms with Crippen LogP contribution in [0, 0.1) is 0 Å². The van der Waals surface area contributed by atoms with E-state index < -0.39 is 0 Å². The molecule has 8 heteroatoms. The Morgan fingerprint density at radius 3 is 2.80 bits per heavy atom. The second-order valence-corrected chi connectivity index (χ2v) is 4.97. The van der Waals surface area contributed by atoms with Crippen LogP contribution in [0.1, 0.15) is 13.3 Å². The molecule has 2 N–H and O–H groups in total. The third-order valence-corrected chi connectivity index (χ3v) is 3.19. The molecule has 0 bridgehead atoms. The van der Waals surface area contributed by atoms with Crippen molar-refractivity contribution >= 4 is 11.9 Å². The van der Waals surface area contributed by atoms with Crippen LogP contribution in [0.2, 0.25) is 0 Å². The van der Waals surface area contributed by atoms with Crippen molar-refractivity contribution < 1.29 is 4.74 Å². The van der Waals surface area contributed by atoms with E-state index in [0.717, 1.165) is 13.0 Å². The monoisotopic (exact) mass is 275 g/mol. The summed E-state index contributed by atoms with van der Waals surface area (Å²) in [5.41, 5.74) is -0.145. The molecule has 3 heterocycles. The van der Waals surface area contributed by atoms with E-state index in [1.165, 1.54) is 0 Å². The fraction of sp³-hybridized carbons (Fsp3) is 0.500. The van der Waals surface area contributed by atoms with Crippen molar-refractivity contribution in [3.05, 3.63) is 18.5 Å². The van der Waals surface area contributed by atoms with Crippen LogP contribution in [0.25, 0.3) is 5.95 Å². The molecular formula is C12H17N7O. The second kappa shape index (κ2) is 5.04. The number of nitrogens with zero attached hydrogens (tertiary/aromatic N) is 5. The lowest BCUT2D eigenvalue weighted by molar-refractivity contribution is 0.185. The molecule has 0 aromatic carbocycles. The summed E-state index contributed by atoms with van der Waals surface area (Å²) in [6, 6.07) is 1.82. The van der Waals surface area contributed by atoms with Gasteiger partial charge in [-0.2, -0.15) is 20.1 Å². The van der Waals surface area contributed by atoms with Crippen LogP contribution >= 0.6 is 0 Å². The summed E-state index contributed by atoms with van der Waals surface area (Å²) in [5.74, 6) is 1.48. The third-order valence-electron chi connectivity index (χ3n) is 3.19. The molecule has 106 valence electrons. The van der Waals surface area contributed by atoms with E-state index in [2.05, 4.69) is 37.6 Å². The molecule has 0 saturated carbocycles. The first-order valence-corrected chi connectivity index (χ1v) is 6.48. The lowest BCUT2D eigenvalue weighted by Crippen LogP contribution is -2.36. The molecule has 1 aliphatic rings. The number of ether oxygens (including phenoxy) is 1. The highest BCUT2D eigenvalue weighted by molar-refractivity contribution is 5.39. The van der Waals surface area contributed by atoms with Gasteiger partial charge in [0.1, 0.15) is 0 Å². The van der Waals surface area contributed by atoms with Crippen LogP contribution in [0.5, 0.6) is 0 Å².